The van der Waals surface area contributed by atoms with E-state index in [-0.39, 0.29) is 0 Å². The molecule has 1 aromatic carbocycles. The minimum Gasteiger partial charge on any atom is -0.324 e. The fourth-order valence-corrected chi connectivity index (χ4v) is 2.96. The number of benzene rings is 1. The molecule has 1 aliphatic rings. The number of para-hydroxylation sites is 1. The van der Waals surface area contributed by atoms with Crippen molar-refractivity contribution in [1.82, 2.24) is 19.5 Å². The summed E-state index contributed by atoms with van der Waals surface area (Å²) in [5, 5.41) is 3.25. The highest BCUT2D eigenvalue weighted by molar-refractivity contribution is 5.59. The van der Waals surface area contributed by atoms with E-state index in [9.17, 15) is 0 Å². The number of nitrogens with zero attached hydrogens (tertiary/aromatic N) is 4. The second kappa shape index (κ2) is 5.83. The van der Waals surface area contributed by atoms with Crippen LogP contribution in [0.4, 0.5) is 11.6 Å². The monoisotopic (exact) mass is 305 g/mol. The largest absolute Gasteiger partial charge is 0.324 e. The van der Waals surface area contributed by atoms with Crippen molar-refractivity contribution in [1.29, 1.82) is 0 Å². The van der Waals surface area contributed by atoms with Crippen molar-refractivity contribution in [2.75, 3.05) is 5.32 Å². The topological polar surface area (TPSA) is 55.6 Å². The molecule has 0 aliphatic heterocycles. The van der Waals surface area contributed by atoms with Crippen molar-refractivity contribution < 1.29 is 0 Å². The highest BCUT2D eigenvalue weighted by Crippen LogP contribution is 2.36. The molecule has 5 heteroatoms. The average Bonchev–Trinajstić information content (AvgIpc) is 2.89. The first-order valence-corrected chi connectivity index (χ1v) is 8.00. The Hall–Kier alpha value is -2.69. The number of aryl methyl sites for hydroxylation is 1. The van der Waals surface area contributed by atoms with Gasteiger partial charge in [-0.05, 0) is 44.4 Å². The summed E-state index contributed by atoms with van der Waals surface area (Å²) >= 11 is 0. The molecule has 0 spiro atoms. The molecule has 1 aliphatic carbocycles. The SMILES string of the molecule is Cc1ncc(-c2ccnc(Nc3ccccc3)n2)n1C1CCC1. The normalized spacial score (nSPS) is 14.5. The van der Waals surface area contributed by atoms with Crippen molar-refractivity contribution >= 4 is 11.6 Å². The summed E-state index contributed by atoms with van der Waals surface area (Å²) in [5.41, 5.74) is 2.96. The third-order valence-corrected chi connectivity index (χ3v) is 4.37. The van der Waals surface area contributed by atoms with E-state index in [1.54, 1.807) is 6.20 Å². The molecule has 0 amide bonds. The van der Waals surface area contributed by atoms with Crippen LogP contribution in [0.2, 0.25) is 0 Å². The molecule has 2 heterocycles. The minimum absolute atomic E-state index is 0.563. The Morgan fingerprint density at radius 2 is 1.91 bits per heavy atom. The van der Waals surface area contributed by atoms with Crippen LogP contribution in [0.15, 0.2) is 48.8 Å². The Morgan fingerprint density at radius 1 is 1.09 bits per heavy atom. The van der Waals surface area contributed by atoms with E-state index in [1.807, 2.05) is 42.6 Å². The Balaban J connectivity index is 1.66. The molecule has 23 heavy (non-hydrogen) atoms. The Morgan fingerprint density at radius 3 is 2.65 bits per heavy atom. The van der Waals surface area contributed by atoms with Crippen LogP contribution in [-0.2, 0) is 0 Å². The molecule has 0 bridgehead atoms. The standard InChI is InChI=1S/C18H19N5/c1-13-20-12-17(23(13)15-8-5-9-15)16-10-11-19-18(22-16)21-14-6-3-2-4-7-14/h2-4,6-7,10-12,15H,5,8-9H2,1H3,(H,19,21,22). The van der Waals surface area contributed by atoms with E-state index >= 15 is 0 Å². The van der Waals surface area contributed by atoms with Gasteiger partial charge in [0.05, 0.1) is 17.6 Å². The molecule has 0 atom stereocenters. The van der Waals surface area contributed by atoms with Gasteiger partial charge in [0.1, 0.15) is 5.82 Å². The van der Waals surface area contributed by atoms with Gasteiger partial charge >= 0.3 is 0 Å². The van der Waals surface area contributed by atoms with Crippen LogP contribution in [0, 0.1) is 6.92 Å². The predicted octanol–water partition coefficient (Wildman–Crippen LogP) is 4.12. The van der Waals surface area contributed by atoms with Crippen LogP contribution < -0.4 is 5.32 Å². The summed E-state index contributed by atoms with van der Waals surface area (Å²) in [5.74, 6) is 1.66. The number of aromatic nitrogens is 4. The molecule has 0 unspecified atom stereocenters. The third-order valence-electron chi connectivity index (χ3n) is 4.37. The van der Waals surface area contributed by atoms with Gasteiger partial charge in [0, 0.05) is 17.9 Å². The van der Waals surface area contributed by atoms with Gasteiger partial charge in [-0.1, -0.05) is 18.2 Å². The number of imidazole rings is 1. The van der Waals surface area contributed by atoms with Crippen LogP contribution in [0.25, 0.3) is 11.4 Å². The summed E-state index contributed by atoms with van der Waals surface area (Å²) in [6.07, 6.45) is 7.46. The molecule has 1 N–H and O–H groups in total. The summed E-state index contributed by atoms with van der Waals surface area (Å²) in [6, 6.07) is 12.5. The Bertz CT molecular complexity index is 805. The first-order chi connectivity index (χ1) is 11.3. The zero-order valence-corrected chi connectivity index (χ0v) is 13.1. The van der Waals surface area contributed by atoms with Gasteiger partial charge in [-0.15, -0.1) is 0 Å². The van der Waals surface area contributed by atoms with Crippen molar-refractivity contribution in [2.45, 2.75) is 32.2 Å². The predicted molar refractivity (Wildman–Crippen MR) is 90.6 cm³/mol. The molecule has 0 radical (unpaired) electrons. The second-order valence-electron chi connectivity index (χ2n) is 5.90. The lowest BCUT2D eigenvalue weighted by atomic mass is 9.92. The smallest absolute Gasteiger partial charge is 0.227 e. The average molecular weight is 305 g/mol. The van der Waals surface area contributed by atoms with E-state index in [4.69, 9.17) is 0 Å². The van der Waals surface area contributed by atoms with Crippen LogP contribution in [0.1, 0.15) is 31.1 Å². The maximum atomic E-state index is 4.67. The fraction of sp³-hybridized carbons (Fsp3) is 0.278. The quantitative estimate of drug-likeness (QED) is 0.788. The van der Waals surface area contributed by atoms with Gasteiger partial charge < -0.3 is 9.88 Å². The zero-order chi connectivity index (χ0) is 15.6. The lowest BCUT2D eigenvalue weighted by Crippen LogP contribution is -2.19. The highest BCUT2D eigenvalue weighted by atomic mass is 15.1. The molecule has 1 saturated carbocycles. The van der Waals surface area contributed by atoms with Crippen molar-refractivity contribution in [3.05, 3.63) is 54.6 Å². The van der Waals surface area contributed by atoms with E-state index in [1.165, 1.54) is 19.3 Å². The summed E-state index contributed by atoms with van der Waals surface area (Å²) in [7, 11) is 0. The lowest BCUT2D eigenvalue weighted by molar-refractivity contribution is 0.311. The summed E-state index contributed by atoms with van der Waals surface area (Å²) < 4.78 is 2.32. The van der Waals surface area contributed by atoms with Crippen molar-refractivity contribution in [3.8, 4) is 11.4 Å². The molecule has 2 aromatic heterocycles. The number of rotatable bonds is 4. The highest BCUT2D eigenvalue weighted by Gasteiger charge is 2.24. The van der Waals surface area contributed by atoms with Gasteiger partial charge in [0.15, 0.2) is 0 Å². The molecule has 3 aromatic rings. The lowest BCUT2D eigenvalue weighted by Gasteiger charge is -2.29. The van der Waals surface area contributed by atoms with Gasteiger partial charge in [0.2, 0.25) is 5.95 Å². The van der Waals surface area contributed by atoms with Crippen LogP contribution in [0.3, 0.4) is 0 Å². The molecule has 4 rings (SSSR count). The molecular formula is C18H19N5. The molecule has 0 saturated heterocycles. The van der Waals surface area contributed by atoms with E-state index < -0.39 is 0 Å². The van der Waals surface area contributed by atoms with Crippen LogP contribution >= 0.6 is 0 Å². The first-order valence-electron chi connectivity index (χ1n) is 8.00. The Kier molecular flexibility index (Phi) is 3.54. The van der Waals surface area contributed by atoms with E-state index in [0.29, 0.717) is 12.0 Å². The number of hydrogen-bond acceptors (Lipinski definition) is 4. The minimum atomic E-state index is 0.563. The van der Waals surface area contributed by atoms with Gasteiger partial charge in [-0.25, -0.2) is 15.0 Å². The number of hydrogen-bond donors (Lipinski definition) is 1. The second-order valence-corrected chi connectivity index (χ2v) is 5.90. The zero-order valence-electron chi connectivity index (χ0n) is 13.1. The first kappa shape index (κ1) is 13.9. The van der Waals surface area contributed by atoms with Crippen LogP contribution in [-0.4, -0.2) is 19.5 Å². The molecule has 5 nitrogen and oxygen atoms in total. The van der Waals surface area contributed by atoms with Gasteiger partial charge in [-0.3, -0.25) is 0 Å². The summed E-state index contributed by atoms with van der Waals surface area (Å²) in [4.78, 5) is 13.5. The van der Waals surface area contributed by atoms with Crippen molar-refractivity contribution in [2.24, 2.45) is 0 Å². The van der Waals surface area contributed by atoms with Crippen LogP contribution in [0.5, 0.6) is 0 Å². The fourth-order valence-electron chi connectivity index (χ4n) is 2.96. The van der Waals surface area contributed by atoms with E-state index in [0.717, 1.165) is 22.9 Å². The third kappa shape index (κ3) is 2.70. The number of nitrogens with one attached hydrogen (secondary N) is 1. The number of anilines is 2. The van der Waals surface area contributed by atoms with Gasteiger partial charge in [0.25, 0.3) is 0 Å². The molecule has 116 valence electrons. The summed E-state index contributed by atoms with van der Waals surface area (Å²) in [6.45, 7) is 2.06. The van der Waals surface area contributed by atoms with E-state index in [2.05, 4.69) is 31.8 Å². The van der Waals surface area contributed by atoms with Gasteiger partial charge in [-0.2, -0.15) is 0 Å². The Labute approximate surface area is 135 Å². The maximum absolute atomic E-state index is 4.67. The van der Waals surface area contributed by atoms with Crippen molar-refractivity contribution in [3.63, 3.8) is 0 Å². The molecule has 1 fully saturated rings. The maximum Gasteiger partial charge on any atom is 0.227 e. The molecular weight excluding hydrogens is 286 g/mol.